The molecule has 0 aliphatic carbocycles. The first-order valence-corrected chi connectivity index (χ1v) is 8.70. The summed E-state index contributed by atoms with van der Waals surface area (Å²) in [6, 6.07) is 0. The van der Waals surface area contributed by atoms with E-state index in [1.54, 1.807) is 7.05 Å². The number of thioether (sulfide) groups is 1. The van der Waals surface area contributed by atoms with Crippen molar-refractivity contribution in [2.45, 2.75) is 31.3 Å². The molecule has 0 saturated carbocycles. The van der Waals surface area contributed by atoms with Crippen molar-refractivity contribution in [3.8, 4) is 0 Å². The molecule has 116 valence electrons. The molecule has 0 aromatic heterocycles. The maximum atomic E-state index is 10.3. The Hall–Kier alpha value is -0.460. The zero-order valence-electron chi connectivity index (χ0n) is 12.4. The molecule has 1 atom stereocenters. The van der Waals surface area contributed by atoms with Gasteiger partial charge in [0.1, 0.15) is 0 Å². The van der Waals surface area contributed by atoms with Crippen LogP contribution >= 0.6 is 11.8 Å². The molecule has 20 heavy (non-hydrogen) atoms. The molecule has 0 spiro atoms. The molecule has 2 aliphatic heterocycles. The molecule has 0 radical (unpaired) electrons. The first-order valence-electron chi connectivity index (χ1n) is 7.54. The summed E-state index contributed by atoms with van der Waals surface area (Å²) in [6.07, 6.45) is 4.36. The van der Waals surface area contributed by atoms with Gasteiger partial charge in [-0.1, -0.05) is 0 Å². The highest BCUT2D eigenvalue weighted by molar-refractivity contribution is 7.99. The first kappa shape index (κ1) is 15.9. The Labute approximate surface area is 125 Å². The quantitative estimate of drug-likeness (QED) is 0.519. The normalized spacial score (nSPS) is 28.6. The summed E-state index contributed by atoms with van der Waals surface area (Å²) in [5, 5.41) is 16.9. The lowest BCUT2D eigenvalue weighted by Gasteiger charge is -2.24. The highest BCUT2D eigenvalue weighted by atomic mass is 32.2. The number of aliphatic imine (C=N–C) groups is 1. The van der Waals surface area contributed by atoms with Crippen molar-refractivity contribution in [1.29, 1.82) is 0 Å². The van der Waals surface area contributed by atoms with Gasteiger partial charge in [-0.15, -0.1) is 0 Å². The van der Waals surface area contributed by atoms with E-state index < -0.39 is 5.60 Å². The number of aliphatic hydroxyl groups is 1. The van der Waals surface area contributed by atoms with Crippen molar-refractivity contribution in [2.75, 3.05) is 44.9 Å². The third-order valence-corrected chi connectivity index (χ3v) is 5.31. The Bertz CT molecular complexity index is 314. The number of ether oxygens (including phenoxy) is 1. The second-order valence-electron chi connectivity index (χ2n) is 5.72. The van der Waals surface area contributed by atoms with Crippen LogP contribution in [0.5, 0.6) is 0 Å². The van der Waals surface area contributed by atoms with Crippen molar-refractivity contribution in [3.05, 3.63) is 0 Å². The van der Waals surface area contributed by atoms with Gasteiger partial charge in [0.05, 0.1) is 5.60 Å². The lowest BCUT2D eigenvalue weighted by atomic mass is 9.97. The van der Waals surface area contributed by atoms with Crippen LogP contribution in [0.3, 0.4) is 0 Å². The highest BCUT2D eigenvalue weighted by Gasteiger charge is 2.31. The van der Waals surface area contributed by atoms with Gasteiger partial charge in [0.15, 0.2) is 5.96 Å². The molecule has 2 fully saturated rings. The molecular weight excluding hydrogens is 274 g/mol. The predicted octanol–water partition coefficient (Wildman–Crippen LogP) is 0.836. The van der Waals surface area contributed by atoms with Crippen molar-refractivity contribution >= 4 is 17.7 Å². The van der Waals surface area contributed by atoms with E-state index in [0.29, 0.717) is 6.54 Å². The topological polar surface area (TPSA) is 65.9 Å². The maximum Gasteiger partial charge on any atom is 0.191 e. The Morgan fingerprint density at radius 1 is 1.40 bits per heavy atom. The fourth-order valence-electron chi connectivity index (χ4n) is 2.63. The number of hydrogen-bond donors (Lipinski definition) is 3. The molecule has 3 N–H and O–H groups in total. The van der Waals surface area contributed by atoms with Crippen LogP contribution in [0.25, 0.3) is 0 Å². The number of nitrogens with zero attached hydrogens (tertiary/aromatic N) is 1. The number of rotatable bonds is 5. The van der Waals surface area contributed by atoms with Crippen molar-refractivity contribution in [1.82, 2.24) is 10.6 Å². The fourth-order valence-corrected chi connectivity index (χ4v) is 3.93. The van der Waals surface area contributed by atoms with Gasteiger partial charge in [0.2, 0.25) is 0 Å². The Morgan fingerprint density at radius 3 is 2.85 bits per heavy atom. The summed E-state index contributed by atoms with van der Waals surface area (Å²) in [6.45, 7) is 3.32. The smallest absolute Gasteiger partial charge is 0.191 e. The van der Waals surface area contributed by atoms with E-state index in [1.165, 1.54) is 12.8 Å². The molecule has 0 amide bonds. The molecule has 2 aliphatic rings. The molecule has 2 heterocycles. The van der Waals surface area contributed by atoms with Gasteiger partial charge < -0.3 is 20.5 Å². The summed E-state index contributed by atoms with van der Waals surface area (Å²) < 4.78 is 5.37. The largest absolute Gasteiger partial charge is 0.387 e. The van der Waals surface area contributed by atoms with E-state index in [2.05, 4.69) is 15.6 Å². The van der Waals surface area contributed by atoms with Gasteiger partial charge in [-0.25, -0.2) is 0 Å². The van der Waals surface area contributed by atoms with Crippen LogP contribution in [-0.4, -0.2) is 61.5 Å². The fraction of sp³-hybridized carbons (Fsp3) is 0.929. The summed E-state index contributed by atoms with van der Waals surface area (Å²) in [4.78, 5) is 4.21. The molecule has 6 heteroatoms. The molecular formula is C14H27N3O2S. The van der Waals surface area contributed by atoms with Gasteiger partial charge in [-0.05, 0) is 37.4 Å². The molecule has 5 nitrogen and oxygen atoms in total. The SMILES string of the molecule is CN=C(NCCC1CCOCC1)NCC1(O)CCSC1. The standard InChI is InChI=1S/C14H27N3O2S/c1-15-13(17-10-14(18)5-9-20-11-14)16-6-2-12-3-7-19-8-4-12/h12,18H,2-11H2,1H3,(H2,15,16,17). The van der Waals surface area contributed by atoms with E-state index in [4.69, 9.17) is 4.74 Å². The van der Waals surface area contributed by atoms with E-state index in [1.807, 2.05) is 11.8 Å². The molecule has 2 saturated heterocycles. The van der Waals surface area contributed by atoms with Crippen molar-refractivity contribution < 1.29 is 9.84 Å². The zero-order chi connectivity index (χ0) is 14.3. The van der Waals surface area contributed by atoms with Crippen LogP contribution in [0.1, 0.15) is 25.7 Å². The minimum Gasteiger partial charge on any atom is -0.387 e. The molecule has 0 bridgehead atoms. The predicted molar refractivity (Wildman–Crippen MR) is 84.4 cm³/mol. The number of hydrogen-bond acceptors (Lipinski definition) is 4. The average Bonchev–Trinajstić information content (AvgIpc) is 2.91. The molecule has 0 aromatic carbocycles. The molecule has 1 unspecified atom stereocenters. The third-order valence-electron chi connectivity index (χ3n) is 4.08. The van der Waals surface area contributed by atoms with E-state index >= 15 is 0 Å². The lowest BCUT2D eigenvalue weighted by molar-refractivity contribution is 0.0641. The van der Waals surface area contributed by atoms with E-state index in [-0.39, 0.29) is 0 Å². The van der Waals surface area contributed by atoms with E-state index in [9.17, 15) is 5.11 Å². The van der Waals surface area contributed by atoms with Crippen LogP contribution in [0.4, 0.5) is 0 Å². The first-order chi connectivity index (χ1) is 9.72. The summed E-state index contributed by atoms with van der Waals surface area (Å²) in [5.74, 6) is 3.43. The Balaban J connectivity index is 1.62. The second-order valence-corrected chi connectivity index (χ2v) is 6.83. The maximum absolute atomic E-state index is 10.3. The zero-order valence-corrected chi connectivity index (χ0v) is 13.2. The average molecular weight is 301 g/mol. The number of nitrogens with one attached hydrogen (secondary N) is 2. The number of guanidine groups is 1. The Morgan fingerprint density at radius 2 is 2.20 bits per heavy atom. The van der Waals surface area contributed by atoms with E-state index in [0.717, 1.165) is 56.0 Å². The van der Waals surface area contributed by atoms with Crippen molar-refractivity contribution in [3.63, 3.8) is 0 Å². The lowest BCUT2D eigenvalue weighted by Crippen LogP contribution is -2.47. The van der Waals surface area contributed by atoms with Gasteiger partial charge in [0, 0.05) is 39.1 Å². The minimum absolute atomic E-state index is 0.566. The monoisotopic (exact) mass is 301 g/mol. The second kappa shape index (κ2) is 8.10. The molecule has 2 rings (SSSR count). The summed E-state index contributed by atoms with van der Waals surface area (Å²) >= 11 is 1.81. The third kappa shape index (κ3) is 5.14. The molecule has 0 aromatic rings. The van der Waals surface area contributed by atoms with Crippen LogP contribution in [-0.2, 0) is 4.74 Å². The van der Waals surface area contributed by atoms with Gasteiger partial charge in [-0.3, -0.25) is 4.99 Å². The van der Waals surface area contributed by atoms with Crippen LogP contribution in [0.2, 0.25) is 0 Å². The minimum atomic E-state index is -0.566. The van der Waals surface area contributed by atoms with Crippen LogP contribution in [0.15, 0.2) is 4.99 Å². The van der Waals surface area contributed by atoms with Gasteiger partial charge in [-0.2, -0.15) is 11.8 Å². The summed E-state index contributed by atoms with van der Waals surface area (Å²) in [7, 11) is 1.78. The van der Waals surface area contributed by atoms with Crippen LogP contribution in [0, 0.1) is 5.92 Å². The van der Waals surface area contributed by atoms with Gasteiger partial charge in [0.25, 0.3) is 0 Å². The Kier molecular flexibility index (Phi) is 6.45. The van der Waals surface area contributed by atoms with Crippen molar-refractivity contribution in [2.24, 2.45) is 10.9 Å². The summed E-state index contributed by atoms with van der Waals surface area (Å²) in [5.41, 5.74) is -0.566. The highest BCUT2D eigenvalue weighted by Crippen LogP contribution is 2.26. The van der Waals surface area contributed by atoms with Crippen LogP contribution < -0.4 is 10.6 Å². The van der Waals surface area contributed by atoms with Gasteiger partial charge >= 0.3 is 0 Å².